The number of alkyl halides is 3. The molecular formula is C27H28F4N4O2. The second kappa shape index (κ2) is 8.63. The lowest BCUT2D eigenvalue weighted by Crippen LogP contribution is -2.38. The largest absolute Gasteiger partial charge is 0.573 e. The predicted molar refractivity (Wildman–Crippen MR) is 130 cm³/mol. The lowest BCUT2D eigenvalue weighted by Gasteiger charge is -2.45. The smallest absolute Gasteiger partial charge is 0.406 e. The normalized spacial score (nSPS) is 19.6. The van der Waals surface area contributed by atoms with Gasteiger partial charge in [-0.3, -0.25) is 4.79 Å². The zero-order valence-corrected chi connectivity index (χ0v) is 20.3. The summed E-state index contributed by atoms with van der Waals surface area (Å²) in [6.45, 7) is 0.785. The maximum atomic E-state index is 15.3. The van der Waals surface area contributed by atoms with Crippen LogP contribution in [-0.4, -0.2) is 40.2 Å². The fraction of sp³-hybridized carbons (Fsp3) is 0.481. The predicted octanol–water partition coefficient (Wildman–Crippen LogP) is 5.86. The molecule has 1 aliphatic heterocycles. The molecule has 1 saturated heterocycles. The second-order valence-corrected chi connectivity index (χ2v) is 10.7. The van der Waals surface area contributed by atoms with Crippen LogP contribution in [0.15, 0.2) is 24.4 Å². The van der Waals surface area contributed by atoms with E-state index in [1.807, 2.05) is 0 Å². The first-order valence-electron chi connectivity index (χ1n) is 12.7. The molecule has 2 aliphatic carbocycles. The molecule has 0 atom stereocenters. The number of aryl methyl sites for hydroxylation is 1. The molecule has 0 bridgehead atoms. The lowest BCUT2D eigenvalue weighted by molar-refractivity contribution is -0.274. The Balaban J connectivity index is 1.21. The Morgan fingerprint density at radius 1 is 1.19 bits per heavy atom. The first-order chi connectivity index (χ1) is 17.6. The van der Waals surface area contributed by atoms with Crippen LogP contribution < -0.4 is 10.5 Å². The van der Waals surface area contributed by atoms with E-state index in [0.717, 1.165) is 42.4 Å². The number of fused-ring (bicyclic) bond motifs is 3. The van der Waals surface area contributed by atoms with Crippen molar-refractivity contribution in [3.8, 4) is 5.75 Å². The molecule has 2 aromatic heterocycles. The highest BCUT2D eigenvalue weighted by molar-refractivity contribution is 5.99. The molecule has 0 unspecified atom stereocenters. The number of likely N-dealkylation sites (tertiary alicyclic amines) is 1. The first kappa shape index (κ1) is 24.1. The van der Waals surface area contributed by atoms with Gasteiger partial charge in [0.15, 0.2) is 0 Å². The van der Waals surface area contributed by atoms with Gasteiger partial charge in [0.1, 0.15) is 17.2 Å². The van der Waals surface area contributed by atoms with E-state index >= 15 is 4.39 Å². The number of aromatic amines is 1. The molecule has 3 aromatic rings. The fourth-order valence-corrected chi connectivity index (χ4v) is 6.51. The molecule has 6 nitrogen and oxygen atoms in total. The van der Waals surface area contributed by atoms with Gasteiger partial charge >= 0.3 is 6.36 Å². The van der Waals surface area contributed by atoms with Gasteiger partial charge in [-0.15, -0.1) is 13.2 Å². The maximum Gasteiger partial charge on any atom is 0.573 e. The molecular weight excluding hydrogens is 488 g/mol. The molecule has 10 heteroatoms. The van der Waals surface area contributed by atoms with Gasteiger partial charge in [0.05, 0.1) is 11.8 Å². The number of hydrogen-bond donors (Lipinski definition) is 2. The topological polar surface area (TPSA) is 84.2 Å². The first-order valence-corrected chi connectivity index (χ1v) is 12.7. The van der Waals surface area contributed by atoms with Crippen LogP contribution in [0.5, 0.6) is 5.75 Å². The minimum Gasteiger partial charge on any atom is -0.406 e. The van der Waals surface area contributed by atoms with Crippen molar-refractivity contribution >= 4 is 22.6 Å². The summed E-state index contributed by atoms with van der Waals surface area (Å²) in [5.41, 5.74) is 10.1. The van der Waals surface area contributed by atoms with Crippen molar-refractivity contribution in [3.63, 3.8) is 0 Å². The van der Waals surface area contributed by atoms with Crippen molar-refractivity contribution < 1.29 is 27.1 Å². The summed E-state index contributed by atoms with van der Waals surface area (Å²) in [5.74, 6) is -1.21. The van der Waals surface area contributed by atoms with Crippen LogP contribution in [0.2, 0.25) is 0 Å². The number of halogens is 4. The number of aromatic nitrogens is 2. The van der Waals surface area contributed by atoms with Gasteiger partial charge in [-0.1, -0.05) is 6.42 Å². The number of nitrogens with one attached hydrogen (secondary N) is 1. The number of ether oxygens (including phenoxy) is 1. The number of benzene rings is 1. The minimum atomic E-state index is -4.84. The second-order valence-electron chi connectivity index (χ2n) is 10.7. The van der Waals surface area contributed by atoms with E-state index in [4.69, 9.17) is 5.73 Å². The Bertz CT molecular complexity index is 1370. The van der Waals surface area contributed by atoms with Crippen LogP contribution in [0.1, 0.15) is 71.6 Å². The number of pyridine rings is 1. The van der Waals surface area contributed by atoms with E-state index in [9.17, 15) is 18.0 Å². The van der Waals surface area contributed by atoms with Crippen LogP contribution in [0.25, 0.3) is 11.0 Å². The SMILES string of the molecule is Nc1cc(OC(F)(F)F)ccc1C(=O)N1CCC(c2c(F)cnc3[nH]c4c(c23)CC2(CCC2)CC4)CC1. The van der Waals surface area contributed by atoms with Gasteiger partial charge in [0, 0.05) is 41.5 Å². The van der Waals surface area contributed by atoms with Crippen molar-refractivity contribution in [3.05, 3.63) is 52.6 Å². The Morgan fingerprint density at radius 2 is 1.95 bits per heavy atom. The molecule has 1 amide bonds. The molecule has 6 rings (SSSR count). The van der Waals surface area contributed by atoms with E-state index in [2.05, 4.69) is 14.7 Å². The lowest BCUT2D eigenvalue weighted by atomic mass is 9.60. The average molecular weight is 517 g/mol. The molecule has 3 N–H and O–H groups in total. The van der Waals surface area contributed by atoms with Gasteiger partial charge in [-0.05, 0) is 74.0 Å². The van der Waals surface area contributed by atoms with Crippen molar-refractivity contribution in [1.82, 2.24) is 14.9 Å². The van der Waals surface area contributed by atoms with Crippen LogP contribution >= 0.6 is 0 Å². The Labute approximate surface area is 211 Å². The molecule has 1 saturated carbocycles. The molecule has 196 valence electrons. The van der Waals surface area contributed by atoms with Crippen molar-refractivity contribution in [2.45, 2.75) is 63.6 Å². The van der Waals surface area contributed by atoms with Gasteiger partial charge in [-0.2, -0.15) is 0 Å². The van der Waals surface area contributed by atoms with Crippen LogP contribution in [0.4, 0.5) is 23.2 Å². The van der Waals surface area contributed by atoms with Crippen LogP contribution in [0, 0.1) is 11.2 Å². The minimum absolute atomic E-state index is 0.0615. The number of H-pyrrole nitrogens is 1. The van der Waals surface area contributed by atoms with Crippen LogP contribution in [0.3, 0.4) is 0 Å². The van der Waals surface area contributed by atoms with Gasteiger partial charge in [0.25, 0.3) is 5.91 Å². The number of rotatable bonds is 3. The summed E-state index contributed by atoms with van der Waals surface area (Å²) in [5, 5.41) is 0.926. The summed E-state index contributed by atoms with van der Waals surface area (Å²) in [6.07, 6.45) is 4.40. The van der Waals surface area contributed by atoms with Gasteiger partial charge < -0.3 is 20.4 Å². The summed E-state index contributed by atoms with van der Waals surface area (Å²) in [6, 6.07) is 3.33. The fourth-order valence-electron chi connectivity index (χ4n) is 6.51. The molecule has 3 heterocycles. The van der Waals surface area contributed by atoms with E-state index in [0.29, 0.717) is 36.9 Å². The highest BCUT2D eigenvalue weighted by Crippen LogP contribution is 2.52. The highest BCUT2D eigenvalue weighted by Gasteiger charge is 2.42. The molecule has 37 heavy (non-hydrogen) atoms. The van der Waals surface area contributed by atoms with E-state index in [1.54, 1.807) is 4.90 Å². The number of carbonyl (C=O) groups is 1. The number of amides is 1. The molecule has 1 aromatic carbocycles. The third kappa shape index (κ3) is 4.30. The third-order valence-corrected chi connectivity index (χ3v) is 8.55. The van der Waals surface area contributed by atoms with E-state index in [1.165, 1.54) is 42.8 Å². The molecule has 3 aliphatic rings. The van der Waals surface area contributed by atoms with Gasteiger partial charge in [-0.25, -0.2) is 9.37 Å². The Morgan fingerprint density at radius 3 is 2.59 bits per heavy atom. The summed E-state index contributed by atoms with van der Waals surface area (Å²) < 4.78 is 56.6. The summed E-state index contributed by atoms with van der Waals surface area (Å²) >= 11 is 0. The van der Waals surface area contributed by atoms with Gasteiger partial charge in [0.2, 0.25) is 0 Å². The zero-order chi connectivity index (χ0) is 25.9. The number of hydrogen-bond acceptors (Lipinski definition) is 4. The molecule has 0 radical (unpaired) electrons. The summed E-state index contributed by atoms with van der Waals surface area (Å²) in [4.78, 5) is 22.5. The number of piperidine rings is 1. The monoisotopic (exact) mass is 516 g/mol. The zero-order valence-electron chi connectivity index (χ0n) is 20.3. The quantitative estimate of drug-likeness (QED) is 0.337. The number of anilines is 1. The van der Waals surface area contributed by atoms with Crippen molar-refractivity contribution in [2.24, 2.45) is 5.41 Å². The Kier molecular flexibility index (Phi) is 5.61. The van der Waals surface area contributed by atoms with Crippen molar-refractivity contribution in [2.75, 3.05) is 18.8 Å². The maximum absolute atomic E-state index is 15.3. The number of nitrogens with zero attached hydrogens (tertiary/aromatic N) is 2. The summed E-state index contributed by atoms with van der Waals surface area (Å²) in [7, 11) is 0. The highest BCUT2D eigenvalue weighted by atomic mass is 19.4. The standard InChI is InChI=1S/C27H28F4N4O2/c28-19-14-33-24-23(18-13-26(7-1-8-26)9-4-21(18)34-24)22(19)15-5-10-35(11-6-15)25(36)17-3-2-16(12-20(17)32)37-27(29,30)31/h2-3,12,14-15H,1,4-11,13,32H2,(H,33,34). The Hall–Kier alpha value is -3.30. The number of nitrogen functional groups attached to an aromatic ring is 1. The van der Waals surface area contributed by atoms with E-state index in [-0.39, 0.29) is 28.9 Å². The van der Waals surface area contributed by atoms with Crippen LogP contribution in [-0.2, 0) is 12.8 Å². The molecule has 1 spiro atoms. The third-order valence-electron chi connectivity index (χ3n) is 8.55. The molecule has 2 fully saturated rings. The number of carbonyl (C=O) groups excluding carboxylic acids is 1. The van der Waals surface area contributed by atoms with Crippen molar-refractivity contribution in [1.29, 1.82) is 0 Å². The number of nitrogens with two attached hydrogens (primary N) is 1. The average Bonchev–Trinajstić information content (AvgIpc) is 3.19. The van der Waals surface area contributed by atoms with E-state index < -0.39 is 12.1 Å².